The first kappa shape index (κ1) is 12.6. The highest BCUT2D eigenvalue weighted by molar-refractivity contribution is 7.17. The van der Waals surface area contributed by atoms with Crippen LogP contribution >= 0.6 is 22.9 Å². The summed E-state index contributed by atoms with van der Waals surface area (Å²) in [6.45, 7) is 3.11. The molecule has 0 aromatic carbocycles. The van der Waals surface area contributed by atoms with E-state index in [1.54, 1.807) is 17.7 Å². The summed E-state index contributed by atoms with van der Waals surface area (Å²) in [4.78, 5) is 8.49. The number of hydrogen-bond donors (Lipinski definition) is 1. The predicted molar refractivity (Wildman–Crippen MR) is 75.0 cm³/mol. The third kappa shape index (κ3) is 3.30. The van der Waals surface area contributed by atoms with E-state index in [0.29, 0.717) is 5.92 Å². The third-order valence-electron chi connectivity index (χ3n) is 2.67. The second kappa shape index (κ2) is 6.17. The van der Waals surface area contributed by atoms with Crippen LogP contribution in [-0.4, -0.2) is 22.4 Å². The molecule has 0 saturated carbocycles. The quantitative estimate of drug-likeness (QED) is 0.641. The molecule has 92 valence electrons. The molecule has 2 heterocycles. The minimum absolute atomic E-state index is 0.589. The Morgan fingerprint density at radius 1 is 1.47 bits per heavy atom. The lowest BCUT2D eigenvalue weighted by Crippen LogP contribution is -2.06. The van der Waals surface area contributed by atoms with Crippen molar-refractivity contribution in [1.29, 1.82) is 0 Å². The van der Waals surface area contributed by atoms with Crippen LogP contribution in [0.15, 0.2) is 17.8 Å². The Kier molecular flexibility index (Phi) is 4.57. The van der Waals surface area contributed by atoms with Crippen molar-refractivity contribution in [3.05, 3.63) is 17.8 Å². The van der Waals surface area contributed by atoms with Crippen LogP contribution in [0.25, 0.3) is 10.2 Å². The van der Waals surface area contributed by atoms with Gasteiger partial charge in [-0.2, -0.15) is 0 Å². The molecule has 0 aliphatic rings. The molecule has 0 aliphatic carbocycles. The molecule has 0 amide bonds. The normalized spacial score (nSPS) is 12.8. The van der Waals surface area contributed by atoms with Crippen molar-refractivity contribution < 1.29 is 0 Å². The minimum atomic E-state index is 0.589. The number of halogens is 1. The highest BCUT2D eigenvalue weighted by Gasteiger charge is 2.04. The largest absolute Gasteiger partial charge is 0.369 e. The molecule has 1 unspecified atom stereocenters. The summed E-state index contributed by atoms with van der Waals surface area (Å²) in [5, 5.41) is 5.41. The molecular weight excluding hydrogens is 254 g/mol. The average molecular weight is 270 g/mol. The maximum absolute atomic E-state index is 5.77. The molecule has 0 bridgehead atoms. The van der Waals surface area contributed by atoms with Gasteiger partial charge in [0, 0.05) is 12.4 Å². The fourth-order valence-electron chi connectivity index (χ4n) is 1.65. The van der Waals surface area contributed by atoms with E-state index in [0.717, 1.165) is 41.3 Å². The van der Waals surface area contributed by atoms with Crippen molar-refractivity contribution in [1.82, 2.24) is 9.97 Å². The van der Waals surface area contributed by atoms with Gasteiger partial charge in [0.2, 0.25) is 0 Å². The minimum Gasteiger partial charge on any atom is -0.369 e. The van der Waals surface area contributed by atoms with Crippen LogP contribution in [0.3, 0.4) is 0 Å². The predicted octanol–water partition coefficient (Wildman–Crippen LogP) is 3.76. The zero-order valence-corrected chi connectivity index (χ0v) is 11.4. The van der Waals surface area contributed by atoms with Gasteiger partial charge in [0.15, 0.2) is 0 Å². The van der Waals surface area contributed by atoms with Crippen LogP contribution in [0.4, 0.5) is 5.82 Å². The molecule has 5 heteroatoms. The van der Waals surface area contributed by atoms with Crippen molar-refractivity contribution in [2.24, 2.45) is 5.92 Å². The van der Waals surface area contributed by atoms with Gasteiger partial charge in [-0.3, -0.25) is 0 Å². The standard InChI is InChI=1S/C12H16ClN3S/c1-9(7-13)3-2-5-14-12-11-10(4-6-17-11)15-8-16-12/h4,6,8-9H,2-3,5,7H2,1H3,(H,14,15,16). The Balaban J connectivity index is 1.88. The van der Waals surface area contributed by atoms with Crippen LogP contribution in [0.1, 0.15) is 19.8 Å². The molecule has 2 aromatic rings. The highest BCUT2D eigenvalue weighted by atomic mass is 35.5. The maximum Gasteiger partial charge on any atom is 0.147 e. The van der Waals surface area contributed by atoms with Gasteiger partial charge in [0.05, 0.1) is 10.2 Å². The van der Waals surface area contributed by atoms with E-state index < -0.39 is 0 Å². The number of rotatable bonds is 6. The van der Waals surface area contributed by atoms with Crippen molar-refractivity contribution in [3.8, 4) is 0 Å². The van der Waals surface area contributed by atoms with Gasteiger partial charge in [0.1, 0.15) is 12.1 Å². The van der Waals surface area contributed by atoms with E-state index >= 15 is 0 Å². The Labute approximate surface area is 110 Å². The van der Waals surface area contributed by atoms with Crippen molar-refractivity contribution >= 4 is 39.0 Å². The van der Waals surface area contributed by atoms with Gasteiger partial charge >= 0.3 is 0 Å². The van der Waals surface area contributed by atoms with E-state index in [1.807, 2.05) is 11.4 Å². The zero-order valence-electron chi connectivity index (χ0n) is 9.82. The van der Waals surface area contributed by atoms with Crippen LogP contribution < -0.4 is 5.32 Å². The Bertz CT molecular complexity index is 471. The molecule has 0 radical (unpaired) electrons. The Hall–Kier alpha value is -0.870. The van der Waals surface area contributed by atoms with E-state index in [-0.39, 0.29) is 0 Å². The Morgan fingerprint density at radius 2 is 2.35 bits per heavy atom. The topological polar surface area (TPSA) is 37.8 Å². The fourth-order valence-corrected chi connectivity index (χ4v) is 2.61. The van der Waals surface area contributed by atoms with Gasteiger partial charge in [-0.25, -0.2) is 9.97 Å². The number of nitrogens with zero attached hydrogens (tertiary/aromatic N) is 2. The van der Waals surface area contributed by atoms with Crippen LogP contribution in [0.5, 0.6) is 0 Å². The first-order valence-corrected chi connectivity index (χ1v) is 7.20. The average Bonchev–Trinajstić information content (AvgIpc) is 2.83. The molecule has 17 heavy (non-hydrogen) atoms. The molecular formula is C12H16ClN3S. The van der Waals surface area contributed by atoms with Crippen LogP contribution in [0, 0.1) is 5.92 Å². The van der Waals surface area contributed by atoms with Gasteiger partial charge in [-0.1, -0.05) is 6.92 Å². The van der Waals surface area contributed by atoms with E-state index in [1.165, 1.54) is 0 Å². The second-order valence-electron chi connectivity index (χ2n) is 4.19. The summed E-state index contributed by atoms with van der Waals surface area (Å²) in [7, 11) is 0. The maximum atomic E-state index is 5.77. The lowest BCUT2D eigenvalue weighted by atomic mass is 10.1. The van der Waals surface area contributed by atoms with Crippen LogP contribution in [-0.2, 0) is 0 Å². The third-order valence-corrected chi connectivity index (χ3v) is 4.11. The first-order valence-electron chi connectivity index (χ1n) is 5.79. The fraction of sp³-hybridized carbons (Fsp3) is 0.500. The molecule has 2 aromatic heterocycles. The highest BCUT2D eigenvalue weighted by Crippen LogP contribution is 2.24. The molecule has 1 atom stereocenters. The summed E-state index contributed by atoms with van der Waals surface area (Å²) in [5.41, 5.74) is 1.02. The molecule has 2 rings (SSSR count). The number of thiophene rings is 1. The number of alkyl halides is 1. The van der Waals surface area contributed by atoms with Crippen molar-refractivity contribution in [3.63, 3.8) is 0 Å². The number of nitrogens with one attached hydrogen (secondary N) is 1. The summed E-state index contributed by atoms with van der Waals surface area (Å²) < 4.78 is 1.14. The van der Waals surface area contributed by atoms with Crippen LogP contribution in [0.2, 0.25) is 0 Å². The lowest BCUT2D eigenvalue weighted by molar-refractivity contribution is 0.572. The number of hydrogen-bond acceptors (Lipinski definition) is 4. The SMILES string of the molecule is CC(CCl)CCCNc1ncnc2ccsc12. The van der Waals surface area contributed by atoms with Gasteiger partial charge in [-0.15, -0.1) is 22.9 Å². The smallest absolute Gasteiger partial charge is 0.147 e. The number of aromatic nitrogens is 2. The lowest BCUT2D eigenvalue weighted by Gasteiger charge is -2.08. The van der Waals surface area contributed by atoms with E-state index in [2.05, 4.69) is 22.2 Å². The van der Waals surface area contributed by atoms with E-state index in [4.69, 9.17) is 11.6 Å². The molecule has 0 fully saturated rings. The number of anilines is 1. The summed E-state index contributed by atoms with van der Waals surface area (Å²) in [6.07, 6.45) is 3.87. The molecule has 0 saturated heterocycles. The second-order valence-corrected chi connectivity index (χ2v) is 5.41. The Morgan fingerprint density at radius 3 is 3.18 bits per heavy atom. The van der Waals surface area contributed by atoms with Crippen molar-refractivity contribution in [2.75, 3.05) is 17.7 Å². The molecule has 1 N–H and O–H groups in total. The number of fused-ring (bicyclic) bond motifs is 1. The van der Waals surface area contributed by atoms with E-state index in [9.17, 15) is 0 Å². The first-order chi connectivity index (χ1) is 8.31. The summed E-state index contributed by atoms with van der Waals surface area (Å²) in [6, 6.07) is 2.02. The van der Waals surface area contributed by atoms with Gasteiger partial charge in [-0.05, 0) is 30.2 Å². The monoisotopic (exact) mass is 269 g/mol. The van der Waals surface area contributed by atoms with Crippen molar-refractivity contribution in [2.45, 2.75) is 19.8 Å². The van der Waals surface area contributed by atoms with Gasteiger partial charge in [0.25, 0.3) is 0 Å². The summed E-state index contributed by atoms with van der Waals surface area (Å²) in [5.74, 6) is 2.28. The summed E-state index contributed by atoms with van der Waals surface area (Å²) >= 11 is 7.45. The zero-order chi connectivity index (χ0) is 12.1. The molecule has 0 spiro atoms. The van der Waals surface area contributed by atoms with Gasteiger partial charge < -0.3 is 5.32 Å². The molecule has 0 aliphatic heterocycles. The molecule has 3 nitrogen and oxygen atoms in total.